The molecule has 6 heteroatoms. The first-order valence-corrected chi connectivity index (χ1v) is 8.91. The van der Waals surface area contributed by atoms with Gasteiger partial charge in [0.2, 0.25) is 0 Å². The van der Waals surface area contributed by atoms with Gasteiger partial charge in [-0.15, -0.1) is 0 Å². The summed E-state index contributed by atoms with van der Waals surface area (Å²) >= 11 is 0. The number of nitrogens with zero attached hydrogens (tertiary/aromatic N) is 3. The zero-order chi connectivity index (χ0) is 19.5. The predicted molar refractivity (Wildman–Crippen MR) is 111 cm³/mol. The van der Waals surface area contributed by atoms with Crippen LogP contribution >= 0.6 is 0 Å². The van der Waals surface area contributed by atoms with E-state index in [0.717, 1.165) is 16.6 Å². The lowest BCUT2D eigenvalue weighted by atomic mass is 10.1. The minimum Gasteiger partial charge on any atom is -0.340 e. The van der Waals surface area contributed by atoms with Crippen molar-refractivity contribution >= 4 is 34.0 Å². The zero-order valence-electron chi connectivity index (χ0n) is 15.6. The summed E-state index contributed by atoms with van der Waals surface area (Å²) in [7, 11) is 0. The molecule has 0 aliphatic heterocycles. The highest BCUT2D eigenvalue weighted by atomic mass is 16.1. The van der Waals surface area contributed by atoms with E-state index in [1.807, 2.05) is 48.5 Å². The van der Waals surface area contributed by atoms with E-state index >= 15 is 0 Å². The van der Waals surface area contributed by atoms with Crippen LogP contribution in [0.1, 0.15) is 21.6 Å². The number of pyridine rings is 1. The van der Waals surface area contributed by atoms with E-state index in [0.29, 0.717) is 11.5 Å². The van der Waals surface area contributed by atoms with Gasteiger partial charge in [0.05, 0.1) is 11.2 Å². The SMILES string of the molecule is Cc1ccc(Nc2cc(C(=O)Nc3cccc4cccnc34)ncn2)cc1C. The minimum atomic E-state index is -0.316. The van der Waals surface area contributed by atoms with E-state index < -0.39 is 0 Å². The number of carbonyl (C=O) groups is 1. The molecular formula is C22H19N5O. The Hall–Kier alpha value is -3.80. The summed E-state index contributed by atoms with van der Waals surface area (Å²) in [6, 6.07) is 17.2. The Labute approximate surface area is 162 Å². The molecular weight excluding hydrogens is 350 g/mol. The number of fused-ring (bicyclic) bond motifs is 1. The first kappa shape index (κ1) is 17.6. The highest BCUT2D eigenvalue weighted by Crippen LogP contribution is 2.22. The van der Waals surface area contributed by atoms with Crippen molar-refractivity contribution in [1.82, 2.24) is 15.0 Å². The second kappa shape index (κ2) is 7.44. The van der Waals surface area contributed by atoms with Gasteiger partial charge in [0.25, 0.3) is 5.91 Å². The van der Waals surface area contributed by atoms with Crippen LogP contribution in [0.3, 0.4) is 0 Å². The maximum absolute atomic E-state index is 12.7. The number of rotatable bonds is 4. The smallest absolute Gasteiger partial charge is 0.274 e. The number of amides is 1. The Morgan fingerprint density at radius 1 is 0.893 bits per heavy atom. The lowest BCUT2D eigenvalue weighted by molar-refractivity contribution is 0.102. The molecule has 0 aliphatic carbocycles. The molecule has 2 aromatic heterocycles. The van der Waals surface area contributed by atoms with Crippen molar-refractivity contribution in [2.24, 2.45) is 0 Å². The molecule has 0 aliphatic rings. The zero-order valence-corrected chi connectivity index (χ0v) is 15.6. The summed E-state index contributed by atoms with van der Waals surface area (Å²) < 4.78 is 0. The van der Waals surface area contributed by atoms with Gasteiger partial charge < -0.3 is 10.6 Å². The van der Waals surface area contributed by atoms with Crippen LogP contribution in [0.15, 0.2) is 67.1 Å². The number of benzene rings is 2. The lowest BCUT2D eigenvalue weighted by Crippen LogP contribution is -2.14. The molecule has 0 unspecified atom stereocenters. The van der Waals surface area contributed by atoms with Gasteiger partial charge in [-0.25, -0.2) is 9.97 Å². The number of anilines is 3. The van der Waals surface area contributed by atoms with Crippen LogP contribution in [0, 0.1) is 13.8 Å². The van der Waals surface area contributed by atoms with Crippen LogP contribution in [0.4, 0.5) is 17.2 Å². The number of hydrogen-bond acceptors (Lipinski definition) is 5. The monoisotopic (exact) mass is 369 g/mol. The van der Waals surface area contributed by atoms with E-state index in [1.165, 1.54) is 17.5 Å². The first-order valence-electron chi connectivity index (χ1n) is 8.91. The molecule has 1 amide bonds. The van der Waals surface area contributed by atoms with Crippen LogP contribution in [0.25, 0.3) is 10.9 Å². The molecule has 28 heavy (non-hydrogen) atoms. The van der Waals surface area contributed by atoms with Gasteiger partial charge in [-0.1, -0.05) is 24.3 Å². The molecule has 138 valence electrons. The summed E-state index contributed by atoms with van der Waals surface area (Å²) in [5.74, 6) is 0.239. The molecule has 0 atom stereocenters. The molecule has 4 aromatic rings. The fourth-order valence-electron chi connectivity index (χ4n) is 2.91. The van der Waals surface area contributed by atoms with Crippen molar-refractivity contribution in [3.05, 3.63) is 83.9 Å². The molecule has 2 aromatic carbocycles. The number of aryl methyl sites for hydroxylation is 2. The number of hydrogen-bond donors (Lipinski definition) is 2. The average Bonchev–Trinajstić information content (AvgIpc) is 2.71. The van der Waals surface area contributed by atoms with Crippen molar-refractivity contribution in [2.45, 2.75) is 13.8 Å². The third kappa shape index (κ3) is 3.66. The van der Waals surface area contributed by atoms with Crippen LogP contribution in [-0.4, -0.2) is 20.9 Å². The Bertz CT molecular complexity index is 1170. The molecule has 0 saturated carbocycles. The van der Waals surface area contributed by atoms with Crippen LogP contribution < -0.4 is 10.6 Å². The Morgan fingerprint density at radius 2 is 1.75 bits per heavy atom. The van der Waals surface area contributed by atoms with Gasteiger partial charge in [-0.3, -0.25) is 9.78 Å². The molecule has 0 saturated heterocycles. The highest BCUT2D eigenvalue weighted by Gasteiger charge is 2.12. The minimum absolute atomic E-state index is 0.272. The second-order valence-electron chi connectivity index (χ2n) is 6.55. The molecule has 2 heterocycles. The van der Waals surface area contributed by atoms with E-state index in [4.69, 9.17) is 0 Å². The van der Waals surface area contributed by atoms with Gasteiger partial charge >= 0.3 is 0 Å². The van der Waals surface area contributed by atoms with Crippen molar-refractivity contribution in [1.29, 1.82) is 0 Å². The standard InChI is InChI=1S/C22H19N5O/c1-14-8-9-17(11-15(14)2)26-20-12-19(24-13-25-20)22(28)27-18-7-3-5-16-6-4-10-23-21(16)18/h3-13H,1-2H3,(H,27,28)(H,24,25,26). The third-order valence-electron chi connectivity index (χ3n) is 4.56. The number of para-hydroxylation sites is 1. The van der Waals surface area contributed by atoms with Crippen LogP contribution in [0.5, 0.6) is 0 Å². The highest BCUT2D eigenvalue weighted by molar-refractivity contribution is 6.07. The van der Waals surface area contributed by atoms with E-state index in [2.05, 4.69) is 39.4 Å². The topological polar surface area (TPSA) is 79.8 Å². The number of nitrogens with one attached hydrogen (secondary N) is 2. The lowest BCUT2D eigenvalue weighted by Gasteiger charge is -2.10. The number of aromatic nitrogens is 3. The Balaban J connectivity index is 1.56. The summed E-state index contributed by atoms with van der Waals surface area (Å²) in [6.07, 6.45) is 3.08. The quantitative estimate of drug-likeness (QED) is 0.548. The summed E-state index contributed by atoms with van der Waals surface area (Å²) in [4.78, 5) is 25.4. The maximum atomic E-state index is 12.7. The third-order valence-corrected chi connectivity index (χ3v) is 4.56. The molecule has 0 bridgehead atoms. The molecule has 6 nitrogen and oxygen atoms in total. The molecule has 0 radical (unpaired) electrons. The fourth-order valence-corrected chi connectivity index (χ4v) is 2.91. The van der Waals surface area contributed by atoms with Gasteiger partial charge in [-0.2, -0.15) is 0 Å². The number of carbonyl (C=O) groups excluding carboxylic acids is 1. The summed E-state index contributed by atoms with van der Waals surface area (Å²) in [5.41, 5.74) is 4.96. The van der Waals surface area contributed by atoms with E-state index in [1.54, 1.807) is 12.3 Å². The predicted octanol–water partition coefficient (Wildman–Crippen LogP) is 4.64. The van der Waals surface area contributed by atoms with Crippen molar-refractivity contribution < 1.29 is 4.79 Å². The average molecular weight is 369 g/mol. The largest absolute Gasteiger partial charge is 0.340 e. The van der Waals surface area contributed by atoms with Crippen LogP contribution in [-0.2, 0) is 0 Å². The molecule has 0 fully saturated rings. The normalized spacial score (nSPS) is 10.6. The first-order chi connectivity index (χ1) is 13.6. The maximum Gasteiger partial charge on any atom is 0.274 e. The van der Waals surface area contributed by atoms with Gasteiger partial charge in [-0.05, 0) is 49.2 Å². The Morgan fingerprint density at radius 3 is 2.61 bits per heavy atom. The van der Waals surface area contributed by atoms with Gasteiger partial charge in [0, 0.05) is 23.3 Å². The van der Waals surface area contributed by atoms with Crippen molar-refractivity contribution in [3.8, 4) is 0 Å². The molecule has 2 N–H and O–H groups in total. The van der Waals surface area contributed by atoms with Crippen molar-refractivity contribution in [2.75, 3.05) is 10.6 Å². The van der Waals surface area contributed by atoms with E-state index in [-0.39, 0.29) is 11.6 Å². The van der Waals surface area contributed by atoms with Gasteiger partial charge in [0.1, 0.15) is 17.8 Å². The van der Waals surface area contributed by atoms with Gasteiger partial charge in [0.15, 0.2) is 0 Å². The molecule has 4 rings (SSSR count). The summed E-state index contributed by atoms with van der Waals surface area (Å²) in [5, 5.41) is 7.07. The Kier molecular flexibility index (Phi) is 4.68. The second-order valence-corrected chi connectivity index (χ2v) is 6.55. The molecule has 0 spiro atoms. The van der Waals surface area contributed by atoms with Crippen LogP contribution in [0.2, 0.25) is 0 Å². The van der Waals surface area contributed by atoms with Crippen molar-refractivity contribution in [3.63, 3.8) is 0 Å². The van der Waals surface area contributed by atoms with E-state index in [9.17, 15) is 4.79 Å². The fraction of sp³-hybridized carbons (Fsp3) is 0.0909. The summed E-state index contributed by atoms with van der Waals surface area (Å²) in [6.45, 7) is 4.12.